The molecule has 4 amide bonds. The fourth-order valence-corrected chi connectivity index (χ4v) is 7.15. The second-order valence-corrected chi connectivity index (χ2v) is 14.1. The van der Waals surface area contributed by atoms with Crippen molar-refractivity contribution in [1.29, 1.82) is 0 Å². The van der Waals surface area contributed by atoms with E-state index < -0.39 is 11.5 Å². The molecule has 4 rings (SSSR count). The number of urea groups is 1. The average molecular weight is 622 g/mol. The van der Waals surface area contributed by atoms with Crippen molar-refractivity contribution in [3.05, 3.63) is 35.6 Å². The Kier molecular flexibility index (Phi) is 12.3. The van der Waals surface area contributed by atoms with Gasteiger partial charge in [-0.2, -0.15) is 0 Å². The number of likely N-dealkylation sites (tertiary alicyclic amines) is 1. The lowest BCUT2D eigenvalue weighted by molar-refractivity contribution is -0.147. The number of piperidine rings is 1. The van der Waals surface area contributed by atoms with Crippen molar-refractivity contribution in [3.63, 3.8) is 0 Å². The third kappa shape index (κ3) is 8.84. The molecule has 1 saturated carbocycles. The minimum Gasteiger partial charge on any atom is -0.351 e. The van der Waals surface area contributed by atoms with E-state index >= 15 is 0 Å². The molecule has 0 bridgehead atoms. The summed E-state index contributed by atoms with van der Waals surface area (Å²) in [6.45, 7) is 13.2. The van der Waals surface area contributed by atoms with Crippen LogP contribution in [0.25, 0.3) is 0 Å². The number of rotatable bonds is 7. The molecule has 242 valence electrons. The maximum atomic E-state index is 14.1. The summed E-state index contributed by atoms with van der Waals surface area (Å²) >= 11 is 0. The number of nitrogens with one attached hydrogen (secondary N) is 3. The van der Waals surface area contributed by atoms with E-state index in [1.54, 1.807) is 12.1 Å². The monoisotopic (exact) mass is 621 g/mol. The SMILES string of the molecule is CC(C)[C@@H]1CNCCN1C(=O)NC(Cc1ccc(F)cc1)C(=O)N1CCC(C(=O)NC(C)(C)C)(C2CCCCC2)CC1.Cl. The normalized spacial score (nSPS) is 22.0. The van der Waals surface area contributed by atoms with Gasteiger partial charge < -0.3 is 25.8 Å². The number of hydrogen-bond donors (Lipinski definition) is 3. The second-order valence-electron chi connectivity index (χ2n) is 14.1. The maximum absolute atomic E-state index is 14.1. The van der Waals surface area contributed by atoms with E-state index in [9.17, 15) is 18.8 Å². The third-order valence-electron chi connectivity index (χ3n) is 9.56. The Labute approximate surface area is 263 Å². The molecule has 43 heavy (non-hydrogen) atoms. The van der Waals surface area contributed by atoms with Crippen LogP contribution in [0.1, 0.15) is 85.1 Å². The van der Waals surface area contributed by atoms with Crippen LogP contribution < -0.4 is 16.0 Å². The van der Waals surface area contributed by atoms with Crippen molar-refractivity contribution in [1.82, 2.24) is 25.8 Å². The van der Waals surface area contributed by atoms with E-state index in [2.05, 4.69) is 29.8 Å². The van der Waals surface area contributed by atoms with Gasteiger partial charge in [-0.1, -0.05) is 45.2 Å². The molecular formula is C33H53ClFN5O3. The molecule has 2 saturated heterocycles. The summed E-state index contributed by atoms with van der Waals surface area (Å²) in [7, 11) is 0. The number of amides is 4. The fourth-order valence-electron chi connectivity index (χ4n) is 7.15. The van der Waals surface area contributed by atoms with E-state index in [0.29, 0.717) is 51.5 Å². The van der Waals surface area contributed by atoms with Crippen LogP contribution in [-0.4, -0.2) is 78.0 Å². The second kappa shape index (κ2) is 15.1. The Morgan fingerprint density at radius 3 is 2.23 bits per heavy atom. The van der Waals surface area contributed by atoms with Gasteiger partial charge in [0, 0.05) is 50.7 Å². The third-order valence-corrected chi connectivity index (χ3v) is 9.56. The van der Waals surface area contributed by atoms with Gasteiger partial charge in [-0.3, -0.25) is 9.59 Å². The highest BCUT2D eigenvalue weighted by Gasteiger charge is 2.49. The van der Waals surface area contributed by atoms with Gasteiger partial charge in [0.2, 0.25) is 11.8 Å². The predicted octanol–water partition coefficient (Wildman–Crippen LogP) is 4.90. The average Bonchev–Trinajstić information content (AvgIpc) is 2.97. The molecule has 1 aromatic carbocycles. The largest absolute Gasteiger partial charge is 0.351 e. The highest BCUT2D eigenvalue weighted by atomic mass is 35.5. The Morgan fingerprint density at radius 2 is 1.65 bits per heavy atom. The number of piperazine rings is 1. The number of benzene rings is 1. The molecule has 10 heteroatoms. The summed E-state index contributed by atoms with van der Waals surface area (Å²) in [5.41, 5.74) is -0.0200. The first-order valence-electron chi connectivity index (χ1n) is 16.0. The predicted molar refractivity (Wildman–Crippen MR) is 171 cm³/mol. The quantitative estimate of drug-likeness (QED) is 0.404. The van der Waals surface area contributed by atoms with Crippen LogP contribution in [0.5, 0.6) is 0 Å². The van der Waals surface area contributed by atoms with E-state index in [4.69, 9.17) is 0 Å². The zero-order valence-electron chi connectivity index (χ0n) is 26.7. The molecule has 1 aromatic rings. The molecular weight excluding hydrogens is 569 g/mol. The topological polar surface area (TPSA) is 93.8 Å². The lowest BCUT2D eigenvalue weighted by atomic mass is 9.63. The Balaban J connectivity index is 0.00000506. The van der Waals surface area contributed by atoms with Gasteiger partial charge in [0.25, 0.3) is 0 Å². The van der Waals surface area contributed by atoms with E-state index in [1.807, 2.05) is 30.6 Å². The molecule has 3 N–H and O–H groups in total. The fraction of sp³-hybridized carbons (Fsp3) is 0.727. The summed E-state index contributed by atoms with van der Waals surface area (Å²) in [6.07, 6.45) is 7.13. The number of nitrogens with zero attached hydrogens (tertiary/aromatic N) is 2. The van der Waals surface area contributed by atoms with Crippen LogP contribution in [0.3, 0.4) is 0 Å². The number of carbonyl (C=O) groups is 3. The van der Waals surface area contributed by atoms with Crippen LogP contribution in [0.15, 0.2) is 24.3 Å². The number of carbonyl (C=O) groups excluding carboxylic acids is 3. The molecule has 2 heterocycles. The molecule has 2 aliphatic heterocycles. The van der Waals surface area contributed by atoms with Crippen molar-refractivity contribution < 1.29 is 18.8 Å². The standard InChI is InChI=1S/C33H52FN5O3.ClH/c1-23(2)28-22-35-17-20-39(28)31(42)36-27(21-24-11-13-26(34)14-12-24)29(40)38-18-15-33(16-19-38,25-9-7-6-8-10-25)30(41)37-32(3,4)5;/h11-14,23,25,27-28,35H,6-10,15-22H2,1-5H3,(H,36,42)(H,37,41);1H/t27?,28-;/m0./s1. The highest BCUT2D eigenvalue weighted by molar-refractivity contribution is 5.88. The molecule has 0 aromatic heterocycles. The molecule has 0 spiro atoms. The van der Waals surface area contributed by atoms with Crippen molar-refractivity contribution in [2.24, 2.45) is 17.3 Å². The number of hydrogen-bond acceptors (Lipinski definition) is 4. The maximum Gasteiger partial charge on any atom is 0.318 e. The van der Waals surface area contributed by atoms with Crippen molar-refractivity contribution in [3.8, 4) is 0 Å². The molecule has 3 fully saturated rings. The van der Waals surface area contributed by atoms with Gasteiger partial charge >= 0.3 is 6.03 Å². The summed E-state index contributed by atoms with van der Waals surface area (Å²) < 4.78 is 13.6. The summed E-state index contributed by atoms with van der Waals surface area (Å²) in [5.74, 6) is 0.223. The zero-order chi connectivity index (χ0) is 30.5. The number of halogens is 2. The first kappa shape index (κ1) is 35.1. The molecule has 8 nitrogen and oxygen atoms in total. The van der Waals surface area contributed by atoms with Crippen LogP contribution >= 0.6 is 12.4 Å². The Hall–Kier alpha value is -2.39. The van der Waals surface area contributed by atoms with E-state index in [0.717, 1.165) is 31.2 Å². The zero-order valence-corrected chi connectivity index (χ0v) is 27.5. The smallest absolute Gasteiger partial charge is 0.318 e. The highest BCUT2D eigenvalue weighted by Crippen LogP contribution is 2.46. The Morgan fingerprint density at radius 1 is 1.02 bits per heavy atom. The van der Waals surface area contributed by atoms with Gasteiger partial charge in [-0.15, -0.1) is 12.4 Å². The Bertz CT molecular complexity index is 1080. The first-order valence-corrected chi connectivity index (χ1v) is 16.0. The van der Waals surface area contributed by atoms with Crippen LogP contribution in [0, 0.1) is 23.1 Å². The van der Waals surface area contributed by atoms with Gasteiger partial charge in [0.05, 0.1) is 5.41 Å². The molecule has 3 aliphatic rings. The van der Waals surface area contributed by atoms with Crippen LogP contribution in [0.2, 0.25) is 0 Å². The van der Waals surface area contributed by atoms with Gasteiger partial charge in [-0.05, 0) is 76.0 Å². The molecule has 0 radical (unpaired) electrons. The van der Waals surface area contributed by atoms with Gasteiger partial charge in [-0.25, -0.2) is 9.18 Å². The van der Waals surface area contributed by atoms with Crippen LogP contribution in [-0.2, 0) is 16.0 Å². The van der Waals surface area contributed by atoms with Crippen molar-refractivity contribution in [2.75, 3.05) is 32.7 Å². The molecule has 1 aliphatic carbocycles. The van der Waals surface area contributed by atoms with Crippen molar-refractivity contribution in [2.45, 2.75) is 104 Å². The lowest BCUT2D eigenvalue weighted by Gasteiger charge is -2.48. The minimum atomic E-state index is -0.781. The van der Waals surface area contributed by atoms with E-state index in [-0.39, 0.29) is 60.0 Å². The summed E-state index contributed by atoms with van der Waals surface area (Å²) in [4.78, 5) is 45.2. The molecule has 2 atom stereocenters. The molecule has 1 unspecified atom stereocenters. The minimum absolute atomic E-state index is 0. The van der Waals surface area contributed by atoms with Crippen LogP contribution in [0.4, 0.5) is 9.18 Å². The summed E-state index contributed by atoms with van der Waals surface area (Å²) in [5, 5.41) is 9.70. The van der Waals surface area contributed by atoms with Gasteiger partial charge in [0.15, 0.2) is 0 Å². The first-order chi connectivity index (χ1) is 19.9. The summed E-state index contributed by atoms with van der Waals surface area (Å²) in [6, 6.07) is 5.13. The lowest BCUT2D eigenvalue weighted by Crippen LogP contribution is -2.62. The van der Waals surface area contributed by atoms with Crippen molar-refractivity contribution >= 4 is 30.3 Å². The van der Waals surface area contributed by atoms with Gasteiger partial charge in [0.1, 0.15) is 11.9 Å². The van der Waals surface area contributed by atoms with E-state index in [1.165, 1.54) is 18.6 Å².